The minimum atomic E-state index is -4.13. The highest BCUT2D eigenvalue weighted by Gasteiger charge is 2.48. The van der Waals surface area contributed by atoms with Crippen LogP contribution in [0.1, 0.15) is 35.8 Å². The molecule has 4 heterocycles. The summed E-state index contributed by atoms with van der Waals surface area (Å²) in [7, 11) is 1.86. The van der Waals surface area contributed by atoms with E-state index in [9.17, 15) is 13.2 Å². The van der Waals surface area contributed by atoms with Gasteiger partial charge in [-0.1, -0.05) is 0 Å². The Bertz CT molecular complexity index is 1190. The minimum absolute atomic E-state index is 0.0893. The Balaban J connectivity index is 1.39. The van der Waals surface area contributed by atoms with Gasteiger partial charge in [0.05, 0.1) is 37.3 Å². The molecule has 0 radical (unpaired) electrons. The predicted molar refractivity (Wildman–Crippen MR) is 119 cm³/mol. The van der Waals surface area contributed by atoms with Gasteiger partial charge in [0.25, 0.3) is 0 Å². The van der Waals surface area contributed by atoms with E-state index in [1.54, 1.807) is 10.9 Å². The lowest BCUT2D eigenvalue weighted by Crippen LogP contribution is -2.39. The molecule has 0 spiro atoms. The third-order valence-corrected chi connectivity index (χ3v) is 6.68. The smallest absolute Gasteiger partial charge is 0.391 e. The summed E-state index contributed by atoms with van der Waals surface area (Å²) >= 11 is 0. The Morgan fingerprint density at radius 1 is 1.18 bits per heavy atom. The van der Waals surface area contributed by atoms with Gasteiger partial charge in [-0.3, -0.25) is 4.68 Å². The average molecular weight is 477 g/mol. The zero-order valence-corrected chi connectivity index (χ0v) is 19.3. The topological polar surface area (TPSA) is 78.2 Å². The lowest BCUT2D eigenvalue weighted by atomic mass is 9.75. The Morgan fingerprint density at radius 2 is 1.97 bits per heavy atom. The summed E-state index contributed by atoms with van der Waals surface area (Å²) in [5.74, 6) is -0.547. The van der Waals surface area contributed by atoms with Crippen LogP contribution in [-0.2, 0) is 11.8 Å². The maximum Gasteiger partial charge on any atom is 0.391 e. The van der Waals surface area contributed by atoms with Crippen molar-refractivity contribution in [2.75, 3.05) is 31.2 Å². The van der Waals surface area contributed by atoms with E-state index < -0.39 is 12.1 Å². The molecule has 1 atom stereocenters. The number of aryl methyl sites for hydroxylation is 3. The highest BCUT2D eigenvalue weighted by Crippen LogP contribution is 2.45. The second kappa shape index (κ2) is 8.68. The van der Waals surface area contributed by atoms with Crippen LogP contribution in [0.15, 0.2) is 18.5 Å². The number of aromatic nitrogens is 5. The fourth-order valence-corrected chi connectivity index (χ4v) is 4.43. The number of halogens is 3. The summed E-state index contributed by atoms with van der Waals surface area (Å²) < 4.78 is 52.2. The van der Waals surface area contributed by atoms with Crippen LogP contribution in [0, 0.1) is 25.7 Å². The summed E-state index contributed by atoms with van der Waals surface area (Å²) in [6, 6.07) is 1.92. The normalized spacial score (nSPS) is 23.2. The van der Waals surface area contributed by atoms with Crippen LogP contribution in [0.2, 0.25) is 0 Å². The Morgan fingerprint density at radius 3 is 2.68 bits per heavy atom. The van der Waals surface area contributed by atoms with E-state index in [0.717, 1.165) is 16.8 Å². The molecular weight excluding hydrogens is 449 g/mol. The Hall–Kier alpha value is -2.95. The zero-order valence-electron chi connectivity index (χ0n) is 19.3. The van der Waals surface area contributed by atoms with E-state index in [4.69, 9.17) is 14.5 Å². The van der Waals surface area contributed by atoms with E-state index in [1.165, 1.54) is 0 Å². The maximum atomic E-state index is 12.9. The summed E-state index contributed by atoms with van der Waals surface area (Å²) in [6.07, 6.45) is -0.425. The molecule has 1 aliphatic heterocycles. The van der Waals surface area contributed by atoms with Crippen molar-refractivity contribution in [1.82, 2.24) is 24.7 Å². The molecule has 0 N–H and O–H groups in total. The summed E-state index contributed by atoms with van der Waals surface area (Å²) in [5, 5.41) is 4.89. The number of rotatable bonds is 5. The molecular formula is C23H27F3N6O2. The van der Waals surface area contributed by atoms with E-state index in [1.807, 2.05) is 38.1 Å². The van der Waals surface area contributed by atoms with Crippen LogP contribution in [-0.4, -0.2) is 57.2 Å². The average Bonchev–Trinajstić information content (AvgIpc) is 3.19. The molecule has 182 valence electrons. The first-order valence-corrected chi connectivity index (χ1v) is 11.4. The summed E-state index contributed by atoms with van der Waals surface area (Å²) in [5.41, 5.74) is 3.30. The van der Waals surface area contributed by atoms with Gasteiger partial charge in [0.1, 0.15) is 6.10 Å². The maximum absolute atomic E-state index is 12.9. The number of hydrogen-bond donors (Lipinski definition) is 0. The van der Waals surface area contributed by atoms with Crippen LogP contribution in [0.3, 0.4) is 0 Å². The van der Waals surface area contributed by atoms with Gasteiger partial charge in [0.2, 0.25) is 11.8 Å². The highest BCUT2D eigenvalue weighted by atomic mass is 19.4. The quantitative estimate of drug-likeness (QED) is 0.552. The molecule has 1 saturated carbocycles. The molecule has 1 aliphatic carbocycles. The van der Waals surface area contributed by atoms with Crippen LogP contribution in [0.5, 0.6) is 5.88 Å². The number of morpholine rings is 1. The summed E-state index contributed by atoms with van der Waals surface area (Å²) in [4.78, 5) is 16.0. The molecule has 0 aromatic carbocycles. The predicted octanol–water partition coefficient (Wildman–Crippen LogP) is 3.92. The molecule has 5 rings (SSSR count). The Labute approximate surface area is 195 Å². The van der Waals surface area contributed by atoms with Gasteiger partial charge >= 0.3 is 6.18 Å². The van der Waals surface area contributed by atoms with Crippen molar-refractivity contribution >= 4 is 17.0 Å². The molecule has 0 unspecified atom stereocenters. The van der Waals surface area contributed by atoms with Gasteiger partial charge in [-0.05, 0) is 44.2 Å². The highest BCUT2D eigenvalue weighted by molar-refractivity contribution is 5.82. The van der Waals surface area contributed by atoms with Crippen molar-refractivity contribution in [3.63, 3.8) is 0 Å². The lowest BCUT2D eigenvalue weighted by Gasteiger charge is -2.36. The molecule has 0 bridgehead atoms. The summed E-state index contributed by atoms with van der Waals surface area (Å²) in [6.45, 7) is 5.68. The van der Waals surface area contributed by atoms with Crippen molar-refractivity contribution < 1.29 is 22.6 Å². The van der Waals surface area contributed by atoms with Crippen LogP contribution in [0.4, 0.5) is 19.1 Å². The first-order chi connectivity index (χ1) is 16.2. The number of alkyl halides is 3. The zero-order chi connectivity index (χ0) is 24.0. The van der Waals surface area contributed by atoms with Crippen molar-refractivity contribution in [1.29, 1.82) is 0 Å². The third kappa shape index (κ3) is 4.53. The first-order valence-electron chi connectivity index (χ1n) is 11.4. The minimum Gasteiger partial charge on any atom is -0.477 e. The van der Waals surface area contributed by atoms with Gasteiger partial charge in [0, 0.05) is 31.0 Å². The molecule has 11 heteroatoms. The lowest BCUT2D eigenvalue weighted by molar-refractivity contribution is -0.206. The van der Waals surface area contributed by atoms with Crippen molar-refractivity contribution in [3.05, 3.63) is 35.3 Å². The van der Waals surface area contributed by atoms with Gasteiger partial charge in [-0.2, -0.15) is 28.2 Å². The van der Waals surface area contributed by atoms with Gasteiger partial charge in [-0.25, -0.2) is 4.98 Å². The van der Waals surface area contributed by atoms with Gasteiger partial charge in [-0.15, -0.1) is 0 Å². The second-order valence-electron chi connectivity index (χ2n) is 9.23. The standard InChI is InChI=1S/C23H27F3N6O2/c1-13-6-18-20(28-14(13)2)29-22(30-21(18)34-12-15-7-17(8-15)23(24,25)26)32-4-5-33-19(11-32)16-9-27-31(3)10-16/h6,9-10,15,17,19H,4-5,7-8,11-12H2,1-3H3/t15-,17-,19-/m1/s1. The van der Waals surface area contributed by atoms with Gasteiger partial charge < -0.3 is 14.4 Å². The fourth-order valence-electron chi connectivity index (χ4n) is 4.43. The number of ether oxygens (including phenoxy) is 2. The van der Waals surface area contributed by atoms with Crippen LogP contribution >= 0.6 is 0 Å². The molecule has 2 fully saturated rings. The third-order valence-electron chi connectivity index (χ3n) is 6.68. The van der Waals surface area contributed by atoms with Crippen molar-refractivity contribution in [2.45, 2.75) is 39.0 Å². The van der Waals surface area contributed by atoms with E-state index >= 15 is 0 Å². The van der Waals surface area contributed by atoms with Crippen molar-refractivity contribution in [3.8, 4) is 5.88 Å². The van der Waals surface area contributed by atoms with E-state index in [-0.39, 0.29) is 31.5 Å². The Kier molecular flexibility index (Phi) is 5.83. The molecule has 1 saturated heterocycles. The molecule has 2 aliphatic rings. The second-order valence-corrected chi connectivity index (χ2v) is 9.23. The SMILES string of the molecule is Cc1cc2c(OC[C@H]3C[C@H](C(F)(F)F)C3)nc(N3CCO[C@@H](c4cnn(C)c4)C3)nc2nc1C. The fraction of sp³-hybridized carbons (Fsp3) is 0.565. The number of pyridine rings is 1. The van der Waals surface area contributed by atoms with Crippen molar-refractivity contribution in [2.24, 2.45) is 18.9 Å². The first kappa shape index (κ1) is 22.8. The van der Waals surface area contributed by atoms with E-state index in [2.05, 4.69) is 15.1 Å². The molecule has 34 heavy (non-hydrogen) atoms. The monoisotopic (exact) mass is 476 g/mol. The number of anilines is 1. The molecule has 3 aromatic rings. The molecule has 0 amide bonds. The van der Waals surface area contributed by atoms with Crippen LogP contribution < -0.4 is 9.64 Å². The number of nitrogens with zero attached hydrogens (tertiary/aromatic N) is 6. The van der Waals surface area contributed by atoms with E-state index in [0.29, 0.717) is 42.6 Å². The largest absolute Gasteiger partial charge is 0.477 e. The van der Waals surface area contributed by atoms with Crippen LogP contribution in [0.25, 0.3) is 11.0 Å². The number of hydrogen-bond acceptors (Lipinski definition) is 7. The van der Waals surface area contributed by atoms with Gasteiger partial charge in [0.15, 0.2) is 5.65 Å². The number of fused-ring (bicyclic) bond motifs is 1. The molecule has 8 nitrogen and oxygen atoms in total. The molecule has 3 aromatic heterocycles.